The van der Waals surface area contributed by atoms with Crippen LogP contribution in [-0.4, -0.2) is 40.3 Å². The summed E-state index contributed by atoms with van der Waals surface area (Å²) in [5, 5.41) is 6.18. The summed E-state index contributed by atoms with van der Waals surface area (Å²) in [5.74, 6) is 0.365. The Morgan fingerprint density at radius 3 is 2.85 bits per heavy atom. The van der Waals surface area contributed by atoms with E-state index in [0.29, 0.717) is 18.5 Å². The topological polar surface area (TPSA) is 88.3 Å². The van der Waals surface area contributed by atoms with Crippen LogP contribution < -0.4 is 11.1 Å². The van der Waals surface area contributed by atoms with E-state index in [2.05, 4.69) is 41.4 Å². The monoisotopic (exact) mass is 392 g/mol. The molecule has 3 N–H and O–H groups in total. The Hall–Kier alpha value is -1.47. The number of aromatic nitrogens is 1. The average molecular weight is 393 g/mol. The van der Waals surface area contributed by atoms with Crippen LogP contribution in [-0.2, 0) is 22.6 Å². The van der Waals surface area contributed by atoms with Crippen LogP contribution >= 0.6 is 11.3 Å². The standard InChI is InChI=1S/C20H32N4O2S/c1-4-14-12-27-18(23-14)10-22-19(26)20(8-7-13(2)3)9-15-5-6-16(20)24(15)11-17(21)25/h12-13,15-16H,4-11H2,1-3H3,(H2,21,25)(H,22,26)/t15-,16+,20+/m1/s1. The number of nitrogens with zero attached hydrogens (tertiary/aromatic N) is 2. The number of rotatable bonds is 9. The van der Waals surface area contributed by atoms with Crippen LogP contribution in [0.4, 0.5) is 0 Å². The number of fused-ring (bicyclic) bond motifs is 2. The Morgan fingerprint density at radius 2 is 2.22 bits per heavy atom. The van der Waals surface area contributed by atoms with Gasteiger partial charge >= 0.3 is 0 Å². The molecule has 0 unspecified atom stereocenters. The summed E-state index contributed by atoms with van der Waals surface area (Å²) in [6.07, 6.45) is 5.65. The molecule has 1 aromatic rings. The predicted molar refractivity (Wildman–Crippen MR) is 107 cm³/mol. The van der Waals surface area contributed by atoms with Crippen molar-refractivity contribution in [3.8, 4) is 0 Å². The third-order valence-corrected chi connectivity index (χ3v) is 7.10. The molecule has 2 aliphatic rings. The lowest BCUT2D eigenvalue weighted by atomic mass is 9.69. The number of nitrogens with two attached hydrogens (primary N) is 1. The molecule has 3 heterocycles. The number of amides is 2. The van der Waals surface area contributed by atoms with Gasteiger partial charge in [-0.25, -0.2) is 4.98 Å². The summed E-state index contributed by atoms with van der Waals surface area (Å²) in [7, 11) is 0. The molecule has 0 spiro atoms. The van der Waals surface area contributed by atoms with Gasteiger partial charge in [-0.3, -0.25) is 14.5 Å². The zero-order chi connectivity index (χ0) is 19.6. The van der Waals surface area contributed by atoms with E-state index in [1.54, 1.807) is 11.3 Å². The third-order valence-electron chi connectivity index (χ3n) is 6.20. The molecule has 3 rings (SSSR count). The number of hydrogen-bond donors (Lipinski definition) is 2. The first-order valence-electron chi connectivity index (χ1n) is 10.1. The van der Waals surface area contributed by atoms with Gasteiger partial charge in [0.25, 0.3) is 0 Å². The van der Waals surface area contributed by atoms with E-state index in [4.69, 9.17) is 5.73 Å². The molecule has 0 aliphatic carbocycles. The number of hydrogen-bond acceptors (Lipinski definition) is 5. The van der Waals surface area contributed by atoms with E-state index in [0.717, 1.165) is 49.2 Å². The zero-order valence-corrected chi connectivity index (χ0v) is 17.5. The van der Waals surface area contributed by atoms with Gasteiger partial charge in [-0.05, 0) is 44.4 Å². The van der Waals surface area contributed by atoms with Crippen molar-refractivity contribution in [3.63, 3.8) is 0 Å². The van der Waals surface area contributed by atoms with Crippen LogP contribution in [0.2, 0.25) is 0 Å². The fourth-order valence-corrected chi connectivity index (χ4v) is 5.64. The van der Waals surface area contributed by atoms with E-state index in [9.17, 15) is 9.59 Å². The van der Waals surface area contributed by atoms with Gasteiger partial charge in [0.2, 0.25) is 11.8 Å². The summed E-state index contributed by atoms with van der Waals surface area (Å²) >= 11 is 1.60. The van der Waals surface area contributed by atoms with E-state index in [1.165, 1.54) is 0 Å². The number of thiazole rings is 1. The molecular weight excluding hydrogens is 360 g/mol. The van der Waals surface area contributed by atoms with Crippen molar-refractivity contribution in [2.45, 2.75) is 77.9 Å². The highest BCUT2D eigenvalue weighted by Gasteiger charge is 2.59. The van der Waals surface area contributed by atoms with E-state index >= 15 is 0 Å². The number of carbonyl (C=O) groups excluding carboxylic acids is 2. The van der Waals surface area contributed by atoms with Crippen molar-refractivity contribution < 1.29 is 9.59 Å². The molecule has 6 nitrogen and oxygen atoms in total. The van der Waals surface area contributed by atoms with Gasteiger partial charge < -0.3 is 11.1 Å². The Labute approximate surface area is 165 Å². The maximum Gasteiger partial charge on any atom is 0.231 e. The normalized spacial score (nSPS) is 27.4. The molecule has 7 heteroatoms. The molecule has 0 saturated carbocycles. The molecule has 2 fully saturated rings. The molecule has 2 aliphatic heterocycles. The molecule has 150 valence electrons. The van der Waals surface area contributed by atoms with Gasteiger partial charge in [0.1, 0.15) is 5.01 Å². The van der Waals surface area contributed by atoms with Gasteiger partial charge in [0, 0.05) is 17.5 Å². The Kier molecular flexibility index (Phi) is 6.21. The minimum atomic E-state index is -0.409. The molecule has 0 aromatic carbocycles. The van der Waals surface area contributed by atoms with Crippen molar-refractivity contribution in [1.29, 1.82) is 0 Å². The summed E-state index contributed by atoms with van der Waals surface area (Å²) in [6.45, 7) is 7.23. The second kappa shape index (κ2) is 8.27. The van der Waals surface area contributed by atoms with Crippen molar-refractivity contribution in [1.82, 2.24) is 15.2 Å². The first-order valence-corrected chi connectivity index (χ1v) is 11.0. The Bertz CT molecular complexity index is 689. The summed E-state index contributed by atoms with van der Waals surface area (Å²) in [5.41, 5.74) is 6.14. The third kappa shape index (κ3) is 4.19. The minimum Gasteiger partial charge on any atom is -0.369 e. The van der Waals surface area contributed by atoms with E-state index < -0.39 is 5.41 Å². The van der Waals surface area contributed by atoms with E-state index in [-0.39, 0.29) is 24.4 Å². The molecule has 1 aromatic heterocycles. The van der Waals surface area contributed by atoms with Crippen molar-refractivity contribution >= 4 is 23.2 Å². The smallest absolute Gasteiger partial charge is 0.231 e. The van der Waals surface area contributed by atoms with Crippen LogP contribution in [0, 0.1) is 11.3 Å². The fourth-order valence-electron chi connectivity index (χ4n) is 4.82. The molecule has 2 amide bonds. The van der Waals surface area contributed by atoms with Crippen LogP contribution in [0.5, 0.6) is 0 Å². The summed E-state index contributed by atoms with van der Waals surface area (Å²) in [4.78, 5) is 31.7. The quantitative estimate of drug-likeness (QED) is 0.676. The van der Waals surface area contributed by atoms with Crippen LogP contribution in [0.3, 0.4) is 0 Å². The average Bonchev–Trinajstić information content (AvgIpc) is 3.31. The van der Waals surface area contributed by atoms with E-state index in [1.807, 2.05) is 0 Å². The zero-order valence-electron chi connectivity index (χ0n) is 16.7. The molecular formula is C20H32N4O2S. The van der Waals surface area contributed by atoms with Gasteiger partial charge in [-0.1, -0.05) is 20.8 Å². The molecule has 2 saturated heterocycles. The molecule has 27 heavy (non-hydrogen) atoms. The van der Waals surface area contributed by atoms with Crippen molar-refractivity contribution in [2.24, 2.45) is 17.1 Å². The van der Waals surface area contributed by atoms with Gasteiger partial charge in [-0.15, -0.1) is 11.3 Å². The fraction of sp³-hybridized carbons (Fsp3) is 0.750. The maximum absolute atomic E-state index is 13.4. The molecule has 0 radical (unpaired) electrons. The van der Waals surface area contributed by atoms with Crippen molar-refractivity contribution in [3.05, 3.63) is 16.1 Å². The second-order valence-corrected chi connectivity index (χ2v) is 9.39. The number of carbonyl (C=O) groups is 2. The van der Waals surface area contributed by atoms with Crippen LogP contribution in [0.25, 0.3) is 0 Å². The lowest BCUT2D eigenvalue weighted by Gasteiger charge is -2.37. The van der Waals surface area contributed by atoms with Crippen molar-refractivity contribution in [2.75, 3.05) is 6.54 Å². The second-order valence-electron chi connectivity index (χ2n) is 8.45. The lowest BCUT2D eigenvalue weighted by molar-refractivity contribution is -0.134. The lowest BCUT2D eigenvalue weighted by Crippen LogP contribution is -2.50. The molecule has 2 bridgehead atoms. The highest BCUT2D eigenvalue weighted by atomic mass is 32.1. The maximum atomic E-state index is 13.4. The van der Waals surface area contributed by atoms with Crippen LogP contribution in [0.15, 0.2) is 5.38 Å². The number of nitrogens with one attached hydrogen (secondary N) is 1. The predicted octanol–water partition coefficient (Wildman–Crippen LogP) is 2.47. The highest BCUT2D eigenvalue weighted by Crippen LogP contribution is 2.52. The Morgan fingerprint density at radius 1 is 1.44 bits per heavy atom. The van der Waals surface area contributed by atoms with Gasteiger partial charge in [-0.2, -0.15) is 0 Å². The van der Waals surface area contributed by atoms with Gasteiger partial charge in [0.05, 0.1) is 24.2 Å². The van der Waals surface area contributed by atoms with Gasteiger partial charge in [0.15, 0.2) is 0 Å². The summed E-state index contributed by atoms with van der Waals surface area (Å²) < 4.78 is 0. The number of primary amides is 1. The first-order chi connectivity index (χ1) is 12.9. The first kappa shape index (κ1) is 20.3. The minimum absolute atomic E-state index is 0.122. The highest BCUT2D eigenvalue weighted by molar-refractivity contribution is 7.09. The Balaban J connectivity index is 1.74. The number of aryl methyl sites for hydroxylation is 1. The van der Waals surface area contributed by atoms with Crippen LogP contribution in [0.1, 0.15) is 63.6 Å². The summed E-state index contributed by atoms with van der Waals surface area (Å²) in [6, 6.07) is 0.420. The molecule has 3 atom stereocenters. The SMILES string of the molecule is CCc1csc(CNC(=O)[C@@]2(CCC(C)C)C[C@H]3CC[C@@H]2N3CC(N)=O)n1. The largest absolute Gasteiger partial charge is 0.369 e.